The molecule has 2 aromatic heterocycles. The largest absolute Gasteiger partial charge is 0.485 e. The molecule has 16 nitrogen and oxygen atoms in total. The van der Waals surface area contributed by atoms with E-state index in [-0.39, 0.29) is 52.4 Å². The highest BCUT2D eigenvalue weighted by molar-refractivity contribution is 7.90. The first kappa shape index (κ1) is 45.9. The lowest BCUT2D eigenvalue weighted by atomic mass is 9.59. The molecule has 4 fully saturated rings. The normalized spacial score (nSPS) is 24.0. The first-order valence-corrected chi connectivity index (χ1v) is 25.4. The van der Waals surface area contributed by atoms with Crippen LogP contribution in [-0.4, -0.2) is 90.3 Å². The molecule has 1 spiro atoms. The lowest BCUT2D eigenvalue weighted by Gasteiger charge is -2.56. The van der Waals surface area contributed by atoms with E-state index >= 15 is 0 Å². The molecule has 2 saturated carbocycles. The highest BCUT2D eigenvalue weighted by Crippen LogP contribution is 2.55. The van der Waals surface area contributed by atoms with E-state index in [4.69, 9.17) is 18.9 Å². The maximum atomic E-state index is 14.2. The number of nitrogens with zero attached hydrogens (tertiary/aromatic N) is 4. The number of ether oxygens (including phenoxy) is 4. The molecule has 0 radical (unpaired) electrons. The minimum Gasteiger partial charge on any atom is -0.485 e. The number of benzene rings is 3. The quantitative estimate of drug-likeness (QED) is 0.0791. The monoisotopic (exact) mass is 948 g/mol. The fourth-order valence-corrected chi connectivity index (χ4v) is 12.5. The number of anilines is 1. The van der Waals surface area contributed by atoms with Gasteiger partial charge in [0.05, 0.1) is 28.1 Å². The molecule has 360 valence electrons. The van der Waals surface area contributed by atoms with Gasteiger partial charge in [-0.1, -0.05) is 38.1 Å². The Hall–Kier alpha value is -5.91. The van der Waals surface area contributed by atoms with Gasteiger partial charge in [-0.15, -0.1) is 0 Å². The van der Waals surface area contributed by atoms with Crippen molar-refractivity contribution in [2.75, 3.05) is 38.3 Å². The van der Waals surface area contributed by atoms with Crippen LogP contribution in [0.25, 0.3) is 11.0 Å². The molecule has 3 N–H and O–H groups in total. The number of nitro groups is 1. The number of aromatic amines is 1. The first-order chi connectivity index (χ1) is 32.6. The number of carbonyl (C=O) groups is 1. The van der Waals surface area contributed by atoms with Crippen molar-refractivity contribution in [2.45, 2.75) is 120 Å². The third-order valence-corrected chi connectivity index (χ3v) is 16.7. The summed E-state index contributed by atoms with van der Waals surface area (Å²) < 4.78 is 54.3. The molecule has 5 aliphatic rings. The maximum absolute atomic E-state index is 14.2. The number of aromatic nitrogens is 2. The molecule has 1 amide bonds. The third-order valence-electron chi connectivity index (χ3n) is 15.4. The SMILES string of the molecule is COc1nc2[nH]ccc2cc1Oc1cc(N2CCC3(CC2)CC(N2CCC[C@@H]2c2ccccc2C(C)C)C3)ccc1C(=O)NS(=O)(=O)c1cc2c(c([N+](=O)[O-])c1)O[C@H]([C@H]1CC[C@](C)(O)CC1)CO2. The van der Waals surface area contributed by atoms with Crippen LogP contribution >= 0.6 is 0 Å². The van der Waals surface area contributed by atoms with E-state index in [1.54, 1.807) is 31.3 Å². The molecule has 2 atom stereocenters. The van der Waals surface area contributed by atoms with Crippen molar-refractivity contribution in [1.82, 2.24) is 19.6 Å². The van der Waals surface area contributed by atoms with Gasteiger partial charge in [-0.25, -0.2) is 13.1 Å². The molecular weight excluding hydrogens is 889 g/mol. The van der Waals surface area contributed by atoms with Crippen molar-refractivity contribution >= 4 is 38.3 Å². The predicted molar refractivity (Wildman–Crippen MR) is 256 cm³/mol. The lowest BCUT2D eigenvalue weighted by Crippen LogP contribution is -2.54. The number of H-pyrrole nitrogens is 1. The Bertz CT molecular complexity index is 2840. The third kappa shape index (κ3) is 8.84. The molecule has 17 heteroatoms. The van der Waals surface area contributed by atoms with E-state index in [1.165, 1.54) is 50.0 Å². The Kier molecular flexibility index (Phi) is 12.1. The molecule has 2 saturated heterocycles. The number of pyridine rings is 1. The molecule has 5 heterocycles. The van der Waals surface area contributed by atoms with Gasteiger partial charge in [0.1, 0.15) is 24.1 Å². The zero-order valence-electron chi connectivity index (χ0n) is 39.0. The zero-order chi connectivity index (χ0) is 47.5. The molecule has 3 aromatic carbocycles. The molecule has 3 aliphatic heterocycles. The summed E-state index contributed by atoms with van der Waals surface area (Å²) in [5, 5.41) is 23.6. The second-order valence-electron chi connectivity index (χ2n) is 20.2. The highest BCUT2D eigenvalue weighted by Gasteiger charge is 2.50. The van der Waals surface area contributed by atoms with Crippen molar-refractivity contribution in [1.29, 1.82) is 0 Å². The van der Waals surface area contributed by atoms with Crippen LogP contribution in [0.15, 0.2) is 77.8 Å². The van der Waals surface area contributed by atoms with E-state index in [0.717, 1.165) is 55.7 Å². The standard InChI is InChI=1S/C51H60N6O10S/c1-31(2)37-8-5-6-9-38(37)40-10-7-21-56(40)35-28-51(29-35)18-22-55(23-19-51)34-11-12-39(42(25-34)66-44-24-33-15-20-52-47(33)53-49(44)64-4)48(58)54-68(62,63)36-26-41(57(60)61)46-43(27-36)65-30-45(67-46)32-13-16-50(3,59)17-14-32/h5-6,8-9,11-12,15,20,24-27,31-32,35,40,45,59H,7,10,13-14,16-19,21-23,28-30H2,1-4H3,(H,52,53)(H,54,58)/t32-,40-,45+,50-/m1/s1. The number of methoxy groups -OCH3 is 1. The van der Waals surface area contributed by atoms with Gasteiger partial charge < -0.3 is 33.9 Å². The van der Waals surface area contributed by atoms with Gasteiger partial charge in [0.2, 0.25) is 5.75 Å². The van der Waals surface area contributed by atoms with Crippen LogP contribution in [0.3, 0.4) is 0 Å². The summed E-state index contributed by atoms with van der Waals surface area (Å²) in [6.45, 7) is 9.13. The van der Waals surface area contributed by atoms with Crippen LogP contribution in [-0.2, 0) is 10.0 Å². The fourth-order valence-electron chi connectivity index (χ4n) is 11.5. The Morgan fingerprint density at radius 2 is 1.76 bits per heavy atom. The first-order valence-electron chi connectivity index (χ1n) is 23.9. The summed E-state index contributed by atoms with van der Waals surface area (Å²) in [6, 6.07) is 20.6. The number of hydrogen-bond donors (Lipinski definition) is 3. The summed E-state index contributed by atoms with van der Waals surface area (Å²) in [6.07, 6.45) is 10.4. The van der Waals surface area contributed by atoms with Gasteiger partial charge in [0, 0.05) is 60.6 Å². The van der Waals surface area contributed by atoms with Gasteiger partial charge in [0.15, 0.2) is 11.5 Å². The van der Waals surface area contributed by atoms with Crippen LogP contribution in [0.4, 0.5) is 11.4 Å². The topological polar surface area (TPSA) is 199 Å². The Morgan fingerprint density at radius 3 is 2.50 bits per heavy atom. The van der Waals surface area contributed by atoms with Gasteiger partial charge in [-0.3, -0.25) is 19.8 Å². The van der Waals surface area contributed by atoms with Crippen molar-refractivity contribution in [2.24, 2.45) is 11.3 Å². The molecular formula is C51H60N6O10S. The Labute approximate surface area is 396 Å². The van der Waals surface area contributed by atoms with E-state index in [1.807, 2.05) is 6.07 Å². The molecule has 0 unspecified atom stereocenters. The summed E-state index contributed by atoms with van der Waals surface area (Å²) in [4.78, 5) is 38.0. The van der Waals surface area contributed by atoms with Crippen LogP contribution in [0.2, 0.25) is 0 Å². The van der Waals surface area contributed by atoms with Crippen molar-refractivity contribution in [3.63, 3.8) is 0 Å². The molecule has 0 bridgehead atoms. The number of nitro benzene ring substituents is 1. The number of hydrogen-bond acceptors (Lipinski definition) is 13. The summed E-state index contributed by atoms with van der Waals surface area (Å²) >= 11 is 0. The number of piperidine rings is 1. The van der Waals surface area contributed by atoms with Gasteiger partial charge in [0.25, 0.3) is 21.8 Å². The van der Waals surface area contributed by atoms with Crippen molar-refractivity contribution in [3.05, 3.63) is 99.7 Å². The van der Waals surface area contributed by atoms with E-state index in [0.29, 0.717) is 49.3 Å². The number of likely N-dealkylation sites (tertiary alicyclic amines) is 1. The lowest BCUT2D eigenvalue weighted by molar-refractivity contribution is -0.386. The number of aliphatic hydroxyl groups is 1. The second kappa shape index (κ2) is 17.9. The number of fused-ring (bicyclic) bond motifs is 2. The van der Waals surface area contributed by atoms with Gasteiger partial charge in [-0.05, 0) is 130 Å². The van der Waals surface area contributed by atoms with Crippen molar-refractivity contribution in [3.8, 4) is 28.9 Å². The number of sulfonamides is 1. The highest BCUT2D eigenvalue weighted by atomic mass is 32.2. The van der Waals surface area contributed by atoms with Crippen LogP contribution < -0.4 is 28.6 Å². The summed E-state index contributed by atoms with van der Waals surface area (Å²) in [5.41, 5.74) is 3.10. The second-order valence-corrected chi connectivity index (χ2v) is 21.9. The molecule has 10 rings (SSSR count). The number of amides is 1. The Morgan fingerprint density at radius 1 is 1.00 bits per heavy atom. The molecule has 68 heavy (non-hydrogen) atoms. The fraction of sp³-hybridized carbons (Fsp3) is 0.490. The molecule has 2 aliphatic carbocycles. The smallest absolute Gasteiger partial charge is 0.316 e. The zero-order valence-corrected chi connectivity index (χ0v) is 39.8. The van der Waals surface area contributed by atoms with Crippen LogP contribution in [0, 0.1) is 21.4 Å². The number of nitrogens with one attached hydrogen (secondary N) is 2. The van der Waals surface area contributed by atoms with Gasteiger partial charge >= 0.3 is 5.69 Å². The van der Waals surface area contributed by atoms with Crippen LogP contribution in [0.5, 0.6) is 28.9 Å². The van der Waals surface area contributed by atoms with Crippen molar-refractivity contribution < 1.29 is 42.2 Å². The van der Waals surface area contributed by atoms with E-state index < -0.39 is 43.1 Å². The summed E-state index contributed by atoms with van der Waals surface area (Å²) in [7, 11) is -3.27. The maximum Gasteiger partial charge on any atom is 0.316 e. The van der Waals surface area contributed by atoms with Crippen LogP contribution in [0.1, 0.15) is 118 Å². The van der Waals surface area contributed by atoms with E-state index in [2.05, 4.69) is 62.6 Å². The summed E-state index contributed by atoms with van der Waals surface area (Å²) in [5.74, 6) is -0.405. The van der Waals surface area contributed by atoms with Gasteiger partial charge in [-0.2, -0.15) is 4.98 Å². The average molecular weight is 949 g/mol. The minimum absolute atomic E-state index is 0.0110. The number of carbonyl (C=O) groups excluding carboxylic acids is 1. The minimum atomic E-state index is -4.72. The Balaban J connectivity index is 0.875. The average Bonchev–Trinajstić information content (AvgIpc) is 3.99. The number of rotatable bonds is 12. The van der Waals surface area contributed by atoms with E-state index in [9.17, 15) is 28.4 Å². The molecule has 5 aromatic rings. The predicted octanol–water partition coefficient (Wildman–Crippen LogP) is 9.18.